The summed E-state index contributed by atoms with van der Waals surface area (Å²) in [5.41, 5.74) is 3.78. The fourth-order valence-corrected chi connectivity index (χ4v) is 2.21. The minimum Gasteiger partial charge on any atom is -0.496 e. The van der Waals surface area contributed by atoms with Crippen LogP contribution >= 0.6 is 0 Å². The molecule has 0 fully saturated rings. The second-order valence-electron chi connectivity index (χ2n) is 4.59. The highest BCUT2D eigenvalue weighted by molar-refractivity contribution is 5.41. The molecule has 112 valence electrons. The smallest absolute Gasteiger partial charge is 0.194 e. The van der Waals surface area contributed by atoms with Crippen molar-refractivity contribution in [2.24, 2.45) is 5.84 Å². The Morgan fingerprint density at radius 1 is 1.10 bits per heavy atom. The van der Waals surface area contributed by atoms with Crippen LogP contribution in [0.1, 0.15) is 22.7 Å². The number of rotatable bonds is 4. The molecule has 2 rings (SSSR count). The monoisotopic (exact) mass is 296 g/mol. The molecular weight excluding hydrogens is 281 g/mol. The molecule has 6 heteroatoms. The zero-order chi connectivity index (χ0) is 15.6. The summed E-state index contributed by atoms with van der Waals surface area (Å²) in [6, 6.07) is 6.35. The van der Waals surface area contributed by atoms with Crippen LogP contribution in [0.25, 0.3) is 0 Å². The van der Waals surface area contributed by atoms with Crippen molar-refractivity contribution in [1.82, 2.24) is 5.43 Å². The topological polar surface area (TPSA) is 47.3 Å². The lowest BCUT2D eigenvalue weighted by molar-refractivity contribution is 0.411. The molecule has 0 heterocycles. The van der Waals surface area contributed by atoms with Crippen molar-refractivity contribution in [2.75, 3.05) is 7.11 Å². The van der Waals surface area contributed by atoms with E-state index >= 15 is 0 Å². The molecule has 0 aliphatic rings. The molecule has 0 aromatic heterocycles. The van der Waals surface area contributed by atoms with Crippen LogP contribution in [0.4, 0.5) is 13.2 Å². The number of aryl methyl sites for hydroxylation is 1. The van der Waals surface area contributed by atoms with Gasteiger partial charge in [-0.1, -0.05) is 18.2 Å². The highest BCUT2D eigenvalue weighted by Crippen LogP contribution is 2.29. The van der Waals surface area contributed by atoms with Gasteiger partial charge in [0.2, 0.25) is 0 Å². The third kappa shape index (κ3) is 2.86. The molecule has 1 atom stereocenters. The van der Waals surface area contributed by atoms with Gasteiger partial charge in [0.25, 0.3) is 0 Å². The van der Waals surface area contributed by atoms with E-state index in [0.717, 1.165) is 17.7 Å². The summed E-state index contributed by atoms with van der Waals surface area (Å²) >= 11 is 0. The van der Waals surface area contributed by atoms with Gasteiger partial charge in [0.05, 0.1) is 13.2 Å². The summed E-state index contributed by atoms with van der Waals surface area (Å²) < 4.78 is 45.4. The van der Waals surface area contributed by atoms with Crippen molar-refractivity contribution in [3.63, 3.8) is 0 Å². The second kappa shape index (κ2) is 6.15. The molecule has 0 radical (unpaired) electrons. The molecule has 0 spiro atoms. The van der Waals surface area contributed by atoms with Crippen LogP contribution in [0, 0.1) is 24.4 Å². The van der Waals surface area contributed by atoms with Crippen molar-refractivity contribution in [3.8, 4) is 5.75 Å². The Morgan fingerprint density at radius 3 is 2.38 bits per heavy atom. The normalized spacial score (nSPS) is 12.3. The second-order valence-corrected chi connectivity index (χ2v) is 4.59. The number of nitrogens with two attached hydrogens (primary N) is 1. The van der Waals surface area contributed by atoms with Crippen LogP contribution in [0.5, 0.6) is 5.75 Å². The molecule has 0 bridgehead atoms. The molecule has 2 aromatic carbocycles. The van der Waals surface area contributed by atoms with Crippen LogP contribution in [0.15, 0.2) is 30.3 Å². The van der Waals surface area contributed by atoms with Gasteiger partial charge in [-0.3, -0.25) is 5.84 Å². The summed E-state index contributed by atoms with van der Waals surface area (Å²) in [5.74, 6) is 2.11. The number of halogens is 3. The highest BCUT2D eigenvalue weighted by Gasteiger charge is 2.22. The van der Waals surface area contributed by atoms with Crippen LogP contribution in [0.3, 0.4) is 0 Å². The standard InChI is InChI=1S/C15H15F3N2O/c1-8-7-9(3-6-12(8)21-2)15(20-19)10-4-5-11(16)14(18)13(10)17/h3-7,15,20H,19H2,1-2H3. The molecule has 1 unspecified atom stereocenters. The minimum atomic E-state index is -1.52. The maximum absolute atomic E-state index is 13.9. The lowest BCUT2D eigenvalue weighted by Crippen LogP contribution is -2.30. The predicted octanol–water partition coefficient (Wildman–Crippen LogP) is 2.97. The Morgan fingerprint density at radius 2 is 1.81 bits per heavy atom. The SMILES string of the molecule is COc1ccc(C(NN)c2ccc(F)c(F)c2F)cc1C. The fraction of sp³-hybridized carbons (Fsp3) is 0.200. The number of hydrogen-bond donors (Lipinski definition) is 2. The van der Waals surface area contributed by atoms with Crippen molar-refractivity contribution >= 4 is 0 Å². The van der Waals surface area contributed by atoms with E-state index in [1.54, 1.807) is 18.2 Å². The van der Waals surface area contributed by atoms with Gasteiger partial charge in [-0.25, -0.2) is 18.6 Å². The number of hydrazine groups is 1. The lowest BCUT2D eigenvalue weighted by Gasteiger charge is -2.19. The molecule has 21 heavy (non-hydrogen) atoms. The highest BCUT2D eigenvalue weighted by atomic mass is 19.2. The lowest BCUT2D eigenvalue weighted by atomic mass is 9.97. The van der Waals surface area contributed by atoms with E-state index < -0.39 is 23.5 Å². The molecule has 2 aromatic rings. The summed E-state index contributed by atoms with van der Waals surface area (Å²) in [7, 11) is 1.54. The number of ether oxygens (including phenoxy) is 1. The van der Waals surface area contributed by atoms with E-state index in [0.29, 0.717) is 11.3 Å². The molecule has 0 saturated carbocycles. The van der Waals surface area contributed by atoms with E-state index in [2.05, 4.69) is 5.43 Å². The number of hydrogen-bond acceptors (Lipinski definition) is 3. The Bertz CT molecular complexity index is 662. The Labute approximate surface area is 120 Å². The number of methoxy groups -OCH3 is 1. The molecule has 0 aliphatic heterocycles. The van der Waals surface area contributed by atoms with Gasteiger partial charge >= 0.3 is 0 Å². The van der Waals surface area contributed by atoms with Gasteiger partial charge in [-0.05, 0) is 30.2 Å². The molecule has 0 amide bonds. The van der Waals surface area contributed by atoms with Gasteiger partial charge in [0.15, 0.2) is 17.5 Å². The van der Waals surface area contributed by atoms with Crippen LogP contribution in [-0.4, -0.2) is 7.11 Å². The van der Waals surface area contributed by atoms with Gasteiger partial charge in [0, 0.05) is 5.56 Å². The van der Waals surface area contributed by atoms with E-state index in [4.69, 9.17) is 10.6 Å². The summed E-state index contributed by atoms with van der Waals surface area (Å²) in [4.78, 5) is 0. The zero-order valence-electron chi connectivity index (χ0n) is 11.6. The third-order valence-corrected chi connectivity index (χ3v) is 3.29. The number of benzene rings is 2. The predicted molar refractivity (Wildman–Crippen MR) is 73.2 cm³/mol. The first-order valence-electron chi connectivity index (χ1n) is 6.23. The average molecular weight is 296 g/mol. The van der Waals surface area contributed by atoms with E-state index in [-0.39, 0.29) is 5.56 Å². The van der Waals surface area contributed by atoms with Crippen molar-refractivity contribution in [2.45, 2.75) is 13.0 Å². The zero-order valence-corrected chi connectivity index (χ0v) is 11.6. The summed E-state index contributed by atoms with van der Waals surface area (Å²) in [6.45, 7) is 1.82. The summed E-state index contributed by atoms with van der Waals surface area (Å²) in [6.07, 6.45) is 0. The van der Waals surface area contributed by atoms with Crippen LogP contribution in [0.2, 0.25) is 0 Å². The molecule has 3 nitrogen and oxygen atoms in total. The van der Waals surface area contributed by atoms with E-state index in [9.17, 15) is 13.2 Å². The Kier molecular flexibility index (Phi) is 4.50. The fourth-order valence-electron chi connectivity index (χ4n) is 2.21. The minimum absolute atomic E-state index is 0.0685. The van der Waals surface area contributed by atoms with E-state index in [1.165, 1.54) is 7.11 Å². The van der Waals surface area contributed by atoms with Crippen molar-refractivity contribution < 1.29 is 17.9 Å². The first kappa shape index (κ1) is 15.3. The molecular formula is C15H15F3N2O. The maximum atomic E-state index is 13.9. The molecule has 0 saturated heterocycles. The van der Waals surface area contributed by atoms with Crippen LogP contribution < -0.4 is 16.0 Å². The molecule has 3 N–H and O–H groups in total. The largest absolute Gasteiger partial charge is 0.496 e. The Hall–Kier alpha value is -2.05. The maximum Gasteiger partial charge on any atom is 0.194 e. The molecule has 0 aliphatic carbocycles. The van der Waals surface area contributed by atoms with Gasteiger partial charge in [0.1, 0.15) is 5.75 Å². The van der Waals surface area contributed by atoms with Crippen molar-refractivity contribution in [1.29, 1.82) is 0 Å². The first-order chi connectivity index (χ1) is 9.99. The van der Waals surface area contributed by atoms with Crippen molar-refractivity contribution in [3.05, 3.63) is 64.5 Å². The third-order valence-electron chi connectivity index (χ3n) is 3.29. The first-order valence-corrected chi connectivity index (χ1v) is 6.23. The quantitative estimate of drug-likeness (QED) is 0.518. The van der Waals surface area contributed by atoms with Gasteiger partial charge in [-0.15, -0.1) is 0 Å². The summed E-state index contributed by atoms with van der Waals surface area (Å²) in [5, 5.41) is 0. The average Bonchev–Trinajstić information content (AvgIpc) is 2.48. The van der Waals surface area contributed by atoms with Gasteiger partial charge in [-0.2, -0.15) is 0 Å². The van der Waals surface area contributed by atoms with E-state index in [1.807, 2.05) is 6.92 Å². The Balaban J connectivity index is 2.50. The van der Waals surface area contributed by atoms with Gasteiger partial charge < -0.3 is 4.74 Å². The number of nitrogens with one attached hydrogen (secondary N) is 1. The van der Waals surface area contributed by atoms with Crippen LogP contribution in [-0.2, 0) is 0 Å².